The van der Waals surface area contributed by atoms with Crippen LogP contribution in [0, 0.1) is 5.92 Å². The molecule has 0 spiro atoms. The Balaban J connectivity index is 4.17. The molecule has 0 rings (SSSR count). The van der Waals surface area contributed by atoms with Crippen LogP contribution in [0.1, 0.15) is 33.1 Å². The molecule has 7 heteroatoms. The molecule has 102 valence electrons. The summed E-state index contributed by atoms with van der Waals surface area (Å²) >= 11 is 0. The smallest absolute Gasteiger partial charge is 0.303 e. The van der Waals surface area contributed by atoms with E-state index in [2.05, 4.69) is 4.72 Å². The summed E-state index contributed by atoms with van der Waals surface area (Å²) in [6.07, 6.45) is 0.649. The van der Waals surface area contributed by atoms with Crippen LogP contribution in [0.4, 0.5) is 0 Å². The van der Waals surface area contributed by atoms with Crippen molar-refractivity contribution in [2.45, 2.75) is 39.2 Å². The zero-order chi connectivity index (χ0) is 13.5. The van der Waals surface area contributed by atoms with Gasteiger partial charge in [0.2, 0.25) is 10.0 Å². The summed E-state index contributed by atoms with van der Waals surface area (Å²) < 4.78 is 25.7. The lowest BCUT2D eigenvalue weighted by Crippen LogP contribution is -2.42. The Bertz CT molecular complexity index is 327. The molecule has 1 atom stereocenters. The van der Waals surface area contributed by atoms with Crippen molar-refractivity contribution < 1.29 is 18.3 Å². The SMILES string of the molecule is CC(C)CC(CN)NS(=O)(=O)CCCC(=O)O. The van der Waals surface area contributed by atoms with Crippen LogP contribution < -0.4 is 10.5 Å². The van der Waals surface area contributed by atoms with E-state index in [0.717, 1.165) is 0 Å². The summed E-state index contributed by atoms with van der Waals surface area (Å²) in [5, 5.41) is 8.42. The fraction of sp³-hybridized carbons (Fsp3) is 0.900. The monoisotopic (exact) mass is 266 g/mol. The Hall–Kier alpha value is -0.660. The van der Waals surface area contributed by atoms with Crippen molar-refractivity contribution in [2.24, 2.45) is 11.7 Å². The Morgan fingerprint density at radius 1 is 1.41 bits per heavy atom. The van der Waals surface area contributed by atoms with Gasteiger partial charge in [0.05, 0.1) is 5.75 Å². The first-order valence-corrected chi connectivity index (χ1v) is 7.34. The molecule has 0 aromatic rings. The van der Waals surface area contributed by atoms with Crippen molar-refractivity contribution >= 4 is 16.0 Å². The van der Waals surface area contributed by atoms with Crippen molar-refractivity contribution in [2.75, 3.05) is 12.3 Å². The van der Waals surface area contributed by atoms with E-state index in [-0.39, 0.29) is 31.2 Å². The first-order valence-electron chi connectivity index (χ1n) is 5.68. The minimum atomic E-state index is -3.43. The predicted molar refractivity (Wildman–Crippen MR) is 66.1 cm³/mol. The molecule has 0 bridgehead atoms. The average Bonchev–Trinajstić information content (AvgIpc) is 2.14. The first kappa shape index (κ1) is 16.3. The van der Waals surface area contributed by atoms with Crippen LogP contribution in [-0.2, 0) is 14.8 Å². The molecule has 0 heterocycles. The van der Waals surface area contributed by atoms with Crippen LogP contribution in [0.2, 0.25) is 0 Å². The topological polar surface area (TPSA) is 109 Å². The Morgan fingerprint density at radius 2 is 2.00 bits per heavy atom. The van der Waals surface area contributed by atoms with Gasteiger partial charge in [0.15, 0.2) is 0 Å². The lowest BCUT2D eigenvalue weighted by Gasteiger charge is -2.18. The van der Waals surface area contributed by atoms with Gasteiger partial charge in [0.1, 0.15) is 0 Å². The van der Waals surface area contributed by atoms with Crippen LogP contribution in [-0.4, -0.2) is 37.8 Å². The van der Waals surface area contributed by atoms with E-state index >= 15 is 0 Å². The molecule has 0 aromatic heterocycles. The molecular formula is C10H22N2O4S. The standard InChI is InChI=1S/C10H22N2O4S/c1-8(2)6-9(7-11)12-17(15,16)5-3-4-10(13)14/h8-9,12H,3-7,11H2,1-2H3,(H,13,14). The minimum Gasteiger partial charge on any atom is -0.481 e. The highest BCUT2D eigenvalue weighted by Crippen LogP contribution is 2.05. The summed E-state index contributed by atoms with van der Waals surface area (Å²) in [5.74, 6) is -0.809. The summed E-state index contributed by atoms with van der Waals surface area (Å²) in [6.45, 7) is 4.22. The van der Waals surface area contributed by atoms with Crippen molar-refractivity contribution in [1.29, 1.82) is 0 Å². The number of carboxylic acid groups (broad SMARTS) is 1. The number of nitrogens with two attached hydrogens (primary N) is 1. The molecule has 0 saturated heterocycles. The number of hydrogen-bond acceptors (Lipinski definition) is 4. The normalized spacial score (nSPS) is 13.9. The third kappa shape index (κ3) is 9.08. The molecule has 0 aliphatic heterocycles. The molecule has 4 N–H and O–H groups in total. The van der Waals surface area contributed by atoms with Crippen molar-refractivity contribution in [3.8, 4) is 0 Å². The summed E-state index contributed by atoms with van der Waals surface area (Å²) in [4.78, 5) is 10.3. The molecular weight excluding hydrogens is 244 g/mol. The fourth-order valence-electron chi connectivity index (χ4n) is 1.49. The molecule has 0 aromatic carbocycles. The van der Waals surface area contributed by atoms with E-state index in [1.54, 1.807) is 0 Å². The van der Waals surface area contributed by atoms with Crippen molar-refractivity contribution in [3.63, 3.8) is 0 Å². The van der Waals surface area contributed by atoms with Crippen molar-refractivity contribution in [1.82, 2.24) is 4.72 Å². The first-order chi connectivity index (χ1) is 7.76. The molecule has 0 fully saturated rings. The number of hydrogen-bond donors (Lipinski definition) is 3. The number of nitrogens with one attached hydrogen (secondary N) is 1. The minimum absolute atomic E-state index is 0.115. The van der Waals surface area contributed by atoms with E-state index < -0.39 is 16.0 Å². The van der Waals surface area contributed by atoms with Gasteiger partial charge in [-0.2, -0.15) is 0 Å². The lowest BCUT2D eigenvalue weighted by atomic mass is 10.1. The number of aliphatic carboxylic acids is 1. The second kappa shape index (κ2) is 7.62. The highest BCUT2D eigenvalue weighted by Gasteiger charge is 2.17. The van der Waals surface area contributed by atoms with Crippen molar-refractivity contribution in [3.05, 3.63) is 0 Å². The third-order valence-electron chi connectivity index (χ3n) is 2.19. The summed E-state index contributed by atoms with van der Waals surface area (Å²) in [5.41, 5.74) is 5.48. The largest absolute Gasteiger partial charge is 0.481 e. The summed E-state index contributed by atoms with van der Waals surface area (Å²) in [7, 11) is -3.43. The Labute approximate surface area is 103 Å². The van der Waals surface area contributed by atoms with Gasteiger partial charge >= 0.3 is 5.97 Å². The lowest BCUT2D eigenvalue weighted by molar-refractivity contribution is -0.137. The van der Waals surface area contributed by atoms with Crippen LogP contribution in [0.25, 0.3) is 0 Å². The Morgan fingerprint density at radius 3 is 2.41 bits per heavy atom. The fourth-order valence-corrected chi connectivity index (χ4v) is 2.83. The van der Waals surface area contributed by atoms with Gasteiger partial charge in [-0.05, 0) is 18.8 Å². The molecule has 6 nitrogen and oxygen atoms in total. The van der Waals surface area contributed by atoms with Gasteiger partial charge in [-0.1, -0.05) is 13.8 Å². The van der Waals surface area contributed by atoms with E-state index in [0.29, 0.717) is 12.3 Å². The molecule has 0 radical (unpaired) electrons. The molecule has 0 aliphatic carbocycles. The highest BCUT2D eigenvalue weighted by atomic mass is 32.2. The van der Waals surface area contributed by atoms with E-state index in [1.807, 2.05) is 13.8 Å². The van der Waals surface area contributed by atoms with Gasteiger partial charge in [-0.3, -0.25) is 4.79 Å². The number of sulfonamides is 1. The maximum Gasteiger partial charge on any atom is 0.303 e. The quantitative estimate of drug-likeness (QED) is 0.550. The van der Waals surface area contributed by atoms with Gasteiger partial charge < -0.3 is 10.8 Å². The van der Waals surface area contributed by atoms with Crippen LogP contribution in [0.5, 0.6) is 0 Å². The molecule has 1 unspecified atom stereocenters. The van der Waals surface area contributed by atoms with Gasteiger partial charge in [-0.25, -0.2) is 13.1 Å². The second-order valence-corrected chi connectivity index (χ2v) is 6.37. The van der Waals surface area contributed by atoms with Gasteiger partial charge in [0, 0.05) is 19.0 Å². The van der Waals surface area contributed by atoms with Crippen LogP contribution in [0.15, 0.2) is 0 Å². The maximum absolute atomic E-state index is 11.6. The number of carbonyl (C=O) groups is 1. The third-order valence-corrected chi connectivity index (χ3v) is 3.71. The Kier molecular flexibility index (Phi) is 7.33. The van der Waals surface area contributed by atoms with E-state index in [9.17, 15) is 13.2 Å². The number of carboxylic acids is 1. The summed E-state index contributed by atoms with van der Waals surface area (Å²) in [6, 6.07) is -0.273. The second-order valence-electron chi connectivity index (χ2n) is 4.50. The van der Waals surface area contributed by atoms with Crippen LogP contribution >= 0.6 is 0 Å². The van der Waals surface area contributed by atoms with Crippen LogP contribution in [0.3, 0.4) is 0 Å². The zero-order valence-electron chi connectivity index (χ0n) is 10.3. The predicted octanol–water partition coefficient (Wildman–Crippen LogP) is 0.144. The molecule has 0 amide bonds. The zero-order valence-corrected chi connectivity index (χ0v) is 11.2. The van der Waals surface area contributed by atoms with E-state index in [1.165, 1.54) is 0 Å². The molecule has 17 heavy (non-hydrogen) atoms. The van der Waals surface area contributed by atoms with Gasteiger partial charge in [0.25, 0.3) is 0 Å². The average molecular weight is 266 g/mol. The highest BCUT2D eigenvalue weighted by molar-refractivity contribution is 7.89. The molecule has 0 aliphatic rings. The maximum atomic E-state index is 11.6. The van der Waals surface area contributed by atoms with Gasteiger partial charge in [-0.15, -0.1) is 0 Å². The van der Waals surface area contributed by atoms with E-state index in [4.69, 9.17) is 10.8 Å². The molecule has 0 saturated carbocycles. The number of rotatable bonds is 9.